The van der Waals surface area contributed by atoms with Crippen molar-refractivity contribution in [2.75, 3.05) is 25.4 Å². The maximum absolute atomic E-state index is 12.2. The number of hydrogen-bond acceptors (Lipinski definition) is 4. The maximum Gasteiger partial charge on any atom is 0.410 e. The topological polar surface area (TPSA) is 58.8 Å². The lowest BCUT2D eigenvalue weighted by molar-refractivity contribution is 0.0128. The molecule has 0 saturated carbocycles. The van der Waals surface area contributed by atoms with Crippen molar-refractivity contribution in [2.45, 2.75) is 64.6 Å². The summed E-state index contributed by atoms with van der Waals surface area (Å²) in [5.41, 5.74) is 9.35. The summed E-state index contributed by atoms with van der Waals surface area (Å²) < 4.78 is 5.49. The Kier molecular flexibility index (Phi) is 4.96. The number of nitrogens with two attached hydrogens (primary N) is 1. The Hall–Kier alpha value is -1.75. The van der Waals surface area contributed by atoms with E-state index in [1.165, 1.54) is 11.1 Å². The molecule has 0 bridgehead atoms. The van der Waals surface area contributed by atoms with Gasteiger partial charge in [-0.1, -0.05) is 19.1 Å². The number of hydrogen-bond donors (Lipinski definition) is 1. The second kappa shape index (κ2) is 6.87. The Labute approximate surface area is 151 Å². The smallest absolute Gasteiger partial charge is 0.410 e. The fraction of sp³-hybridized carbons (Fsp3) is 0.650. The largest absolute Gasteiger partial charge is 0.444 e. The summed E-state index contributed by atoms with van der Waals surface area (Å²) in [5, 5.41) is 0. The molecule has 2 aliphatic rings. The quantitative estimate of drug-likeness (QED) is 0.790. The highest BCUT2D eigenvalue weighted by Crippen LogP contribution is 2.34. The number of piperidine rings is 1. The summed E-state index contributed by atoms with van der Waals surface area (Å²) in [6.45, 7) is 11.5. The van der Waals surface area contributed by atoms with Gasteiger partial charge in [0.25, 0.3) is 0 Å². The lowest BCUT2D eigenvalue weighted by Gasteiger charge is -2.42. The fourth-order valence-electron chi connectivity index (χ4n) is 4.12. The van der Waals surface area contributed by atoms with Gasteiger partial charge in [-0.2, -0.15) is 0 Å². The first kappa shape index (κ1) is 18.1. The number of benzene rings is 1. The highest BCUT2D eigenvalue weighted by molar-refractivity contribution is 5.68. The number of nitrogens with zero attached hydrogens (tertiary/aromatic N) is 2. The van der Waals surface area contributed by atoms with Crippen molar-refractivity contribution in [3.63, 3.8) is 0 Å². The standard InChI is InChI=1S/C20H31N3O2/c1-14-12-23(13-15-6-5-7-17(21)18(14)15)16-8-10-22(11-9-16)19(24)25-20(2,3)4/h5-7,14,16H,8-13,21H2,1-4H3. The molecule has 2 N–H and O–H groups in total. The molecule has 0 aromatic heterocycles. The molecule has 0 aliphatic carbocycles. The van der Waals surface area contributed by atoms with Crippen LogP contribution in [-0.4, -0.2) is 47.2 Å². The summed E-state index contributed by atoms with van der Waals surface area (Å²) in [7, 11) is 0. The molecule has 138 valence electrons. The third kappa shape index (κ3) is 4.09. The molecule has 1 aromatic carbocycles. The molecule has 5 nitrogen and oxygen atoms in total. The predicted octanol–water partition coefficient (Wildman–Crippen LogP) is 3.59. The molecule has 2 heterocycles. The van der Waals surface area contributed by atoms with Crippen LogP contribution in [-0.2, 0) is 11.3 Å². The van der Waals surface area contributed by atoms with Crippen LogP contribution in [0.15, 0.2) is 18.2 Å². The summed E-state index contributed by atoms with van der Waals surface area (Å²) in [4.78, 5) is 16.6. The predicted molar refractivity (Wildman–Crippen MR) is 101 cm³/mol. The first-order valence-electron chi connectivity index (χ1n) is 9.34. The van der Waals surface area contributed by atoms with Crippen LogP contribution in [0.2, 0.25) is 0 Å². The number of nitrogen functional groups attached to an aromatic ring is 1. The van der Waals surface area contributed by atoms with E-state index in [4.69, 9.17) is 10.5 Å². The Morgan fingerprint density at radius 1 is 1.24 bits per heavy atom. The van der Waals surface area contributed by atoms with E-state index in [0.29, 0.717) is 12.0 Å². The van der Waals surface area contributed by atoms with Crippen molar-refractivity contribution in [1.29, 1.82) is 0 Å². The Morgan fingerprint density at radius 2 is 1.92 bits per heavy atom. The first-order valence-corrected chi connectivity index (χ1v) is 9.34. The van der Waals surface area contributed by atoms with E-state index in [9.17, 15) is 4.79 Å². The van der Waals surface area contributed by atoms with Crippen LogP contribution in [0.1, 0.15) is 57.6 Å². The monoisotopic (exact) mass is 345 g/mol. The Bertz CT molecular complexity index is 630. The van der Waals surface area contributed by atoms with E-state index in [2.05, 4.69) is 24.0 Å². The van der Waals surface area contributed by atoms with Gasteiger partial charge in [0.15, 0.2) is 0 Å². The number of carbonyl (C=O) groups excluding carboxylic acids is 1. The van der Waals surface area contributed by atoms with Crippen LogP contribution in [0.3, 0.4) is 0 Å². The molecule has 1 amide bonds. The average Bonchev–Trinajstić information content (AvgIpc) is 2.53. The Balaban J connectivity index is 1.60. The number of rotatable bonds is 1. The molecule has 2 aliphatic heterocycles. The van der Waals surface area contributed by atoms with Gasteiger partial charge in [-0.3, -0.25) is 4.90 Å². The van der Waals surface area contributed by atoms with Gasteiger partial charge < -0.3 is 15.4 Å². The summed E-state index contributed by atoms with van der Waals surface area (Å²) in [6.07, 6.45) is 1.82. The highest BCUT2D eigenvalue weighted by Gasteiger charge is 2.33. The van der Waals surface area contributed by atoms with Crippen molar-refractivity contribution in [2.24, 2.45) is 0 Å². The van der Waals surface area contributed by atoms with Crippen molar-refractivity contribution in [1.82, 2.24) is 9.80 Å². The minimum absolute atomic E-state index is 0.184. The maximum atomic E-state index is 12.2. The molecule has 25 heavy (non-hydrogen) atoms. The van der Waals surface area contributed by atoms with Crippen molar-refractivity contribution in [3.05, 3.63) is 29.3 Å². The second-order valence-electron chi connectivity index (χ2n) is 8.45. The van der Waals surface area contributed by atoms with Gasteiger partial charge in [0.2, 0.25) is 0 Å². The normalized spacial score (nSPS) is 22.6. The van der Waals surface area contributed by atoms with Crippen molar-refractivity contribution >= 4 is 11.8 Å². The molecule has 5 heteroatoms. The second-order valence-corrected chi connectivity index (χ2v) is 8.45. The van der Waals surface area contributed by atoms with Gasteiger partial charge in [0, 0.05) is 37.9 Å². The van der Waals surface area contributed by atoms with Gasteiger partial charge in [-0.25, -0.2) is 4.79 Å². The SMILES string of the molecule is CC1CN(C2CCN(C(=O)OC(C)(C)C)CC2)Cc2cccc(N)c21. The van der Waals surface area contributed by atoms with E-state index >= 15 is 0 Å². The average molecular weight is 345 g/mol. The molecular formula is C20H31N3O2. The summed E-state index contributed by atoms with van der Waals surface area (Å²) in [6, 6.07) is 6.78. The molecule has 1 unspecified atom stereocenters. The third-order valence-electron chi connectivity index (χ3n) is 5.24. The van der Waals surface area contributed by atoms with Crippen molar-refractivity contribution < 1.29 is 9.53 Å². The van der Waals surface area contributed by atoms with Gasteiger partial charge in [-0.05, 0) is 56.7 Å². The number of carbonyl (C=O) groups is 1. The lowest BCUT2D eigenvalue weighted by atomic mass is 9.88. The van der Waals surface area contributed by atoms with Crippen molar-refractivity contribution in [3.8, 4) is 0 Å². The van der Waals surface area contributed by atoms with E-state index in [-0.39, 0.29) is 6.09 Å². The minimum atomic E-state index is -0.431. The third-order valence-corrected chi connectivity index (χ3v) is 5.24. The molecule has 1 atom stereocenters. The van der Waals surface area contributed by atoms with E-state index in [1.807, 2.05) is 31.7 Å². The van der Waals surface area contributed by atoms with Gasteiger partial charge in [0.05, 0.1) is 0 Å². The highest BCUT2D eigenvalue weighted by atomic mass is 16.6. The number of fused-ring (bicyclic) bond motifs is 1. The molecule has 3 rings (SSSR count). The van der Waals surface area contributed by atoms with E-state index in [0.717, 1.165) is 44.7 Å². The van der Waals surface area contributed by atoms with Gasteiger partial charge in [0.1, 0.15) is 5.60 Å². The first-order chi connectivity index (χ1) is 11.7. The molecule has 1 fully saturated rings. The minimum Gasteiger partial charge on any atom is -0.444 e. The molecule has 1 saturated heterocycles. The van der Waals surface area contributed by atoms with Crippen LogP contribution < -0.4 is 5.73 Å². The number of ether oxygens (including phenoxy) is 1. The number of likely N-dealkylation sites (tertiary alicyclic amines) is 1. The molecule has 0 radical (unpaired) electrons. The van der Waals surface area contributed by atoms with Gasteiger partial charge >= 0.3 is 6.09 Å². The van der Waals surface area contributed by atoms with Crippen LogP contribution in [0.25, 0.3) is 0 Å². The number of anilines is 1. The number of amides is 1. The zero-order valence-corrected chi connectivity index (χ0v) is 15.9. The summed E-state index contributed by atoms with van der Waals surface area (Å²) in [5.74, 6) is 0.453. The van der Waals surface area contributed by atoms with Gasteiger partial charge in [-0.15, -0.1) is 0 Å². The Morgan fingerprint density at radius 3 is 2.56 bits per heavy atom. The van der Waals surface area contributed by atoms with E-state index in [1.54, 1.807) is 0 Å². The molecule has 0 spiro atoms. The summed E-state index contributed by atoms with van der Waals surface area (Å²) >= 11 is 0. The van der Waals surface area contributed by atoms with Crippen LogP contribution >= 0.6 is 0 Å². The van der Waals surface area contributed by atoms with Crippen LogP contribution in [0.4, 0.5) is 10.5 Å². The fourth-order valence-corrected chi connectivity index (χ4v) is 4.12. The zero-order valence-electron chi connectivity index (χ0n) is 15.9. The lowest BCUT2D eigenvalue weighted by Crippen LogP contribution is -2.49. The van der Waals surface area contributed by atoms with Crippen LogP contribution in [0.5, 0.6) is 0 Å². The zero-order chi connectivity index (χ0) is 18.2. The van der Waals surface area contributed by atoms with Crippen LogP contribution in [0, 0.1) is 0 Å². The molecule has 1 aromatic rings. The molecular weight excluding hydrogens is 314 g/mol. The van der Waals surface area contributed by atoms with E-state index < -0.39 is 5.60 Å².